The molecule has 0 fully saturated rings. The molecule has 0 aliphatic rings. The Labute approximate surface area is 172 Å². The zero-order valence-corrected chi connectivity index (χ0v) is 16.4. The van der Waals surface area contributed by atoms with Crippen LogP contribution in [0.1, 0.15) is 12.5 Å². The molecule has 0 saturated heterocycles. The van der Waals surface area contributed by atoms with E-state index in [1.54, 1.807) is 12.5 Å². The number of hydrogen-bond donors (Lipinski definition) is 2. The number of nitrogens with zero attached hydrogens (tertiary/aromatic N) is 5. The van der Waals surface area contributed by atoms with Crippen LogP contribution in [0.2, 0.25) is 0 Å². The molecule has 0 aliphatic heterocycles. The van der Waals surface area contributed by atoms with Gasteiger partial charge in [-0.2, -0.15) is 0 Å². The third kappa shape index (κ3) is 3.26. The van der Waals surface area contributed by atoms with Crippen molar-refractivity contribution in [1.82, 2.24) is 29.5 Å². The molecule has 4 aromatic heterocycles. The summed E-state index contributed by atoms with van der Waals surface area (Å²) < 4.78 is 15.6. The number of imidazole rings is 1. The number of aromatic amines is 1. The molecule has 8 heteroatoms. The van der Waals surface area contributed by atoms with Crippen LogP contribution in [0.3, 0.4) is 0 Å². The number of para-hydroxylation sites is 1. The number of rotatable bonds is 6. The Morgan fingerprint density at radius 2 is 2.07 bits per heavy atom. The highest BCUT2D eigenvalue weighted by Crippen LogP contribution is 2.25. The topological polar surface area (TPSA) is 84.3 Å². The first-order valence-corrected chi connectivity index (χ1v) is 9.85. The highest BCUT2D eigenvalue weighted by Gasteiger charge is 2.15. The largest absolute Gasteiger partial charge is 0.368 e. The first-order chi connectivity index (χ1) is 14.7. The van der Waals surface area contributed by atoms with Crippen LogP contribution in [-0.4, -0.2) is 36.0 Å². The number of hydrogen-bond acceptors (Lipinski definition) is 5. The summed E-state index contributed by atoms with van der Waals surface area (Å²) in [5, 5.41) is 4.61. The molecule has 0 aliphatic carbocycles. The maximum absolute atomic E-state index is 13.7. The Kier molecular flexibility index (Phi) is 4.59. The molecule has 1 aromatic carbocycles. The molecule has 0 bridgehead atoms. The zero-order chi connectivity index (χ0) is 20.5. The molecule has 5 rings (SSSR count). The third-order valence-corrected chi connectivity index (χ3v) is 5.13. The molecule has 5 aromatic rings. The van der Waals surface area contributed by atoms with Crippen LogP contribution in [0.4, 0.5) is 10.2 Å². The van der Waals surface area contributed by atoms with Crippen LogP contribution in [0.25, 0.3) is 33.5 Å². The van der Waals surface area contributed by atoms with E-state index in [1.165, 1.54) is 23.2 Å². The Bertz CT molecular complexity index is 1340. The Hall–Kier alpha value is -3.81. The van der Waals surface area contributed by atoms with E-state index in [0.717, 1.165) is 18.5 Å². The van der Waals surface area contributed by atoms with Crippen molar-refractivity contribution in [2.45, 2.75) is 19.9 Å². The minimum atomic E-state index is -0.422. The quantitative estimate of drug-likeness (QED) is 0.446. The maximum Gasteiger partial charge on any atom is 0.166 e. The van der Waals surface area contributed by atoms with Crippen LogP contribution < -0.4 is 5.32 Å². The van der Waals surface area contributed by atoms with Gasteiger partial charge in [-0.25, -0.2) is 19.3 Å². The fourth-order valence-corrected chi connectivity index (χ4v) is 3.62. The summed E-state index contributed by atoms with van der Waals surface area (Å²) in [7, 11) is 0. The minimum absolute atomic E-state index is 0.416. The standard InChI is InChI=1S/C22H20FN7/c1-2-30-13-27-19-21(25-8-7-14-11-26-18-6-4-3-5-17(14)18)28-20(29-22(19)30)15-9-16(23)12-24-10-15/h3-6,9-13,26H,2,7-8H2,1H3,(H,25,28,29). The molecule has 150 valence electrons. The van der Waals surface area contributed by atoms with Gasteiger partial charge in [0, 0.05) is 41.9 Å². The normalized spacial score (nSPS) is 11.4. The van der Waals surface area contributed by atoms with Gasteiger partial charge < -0.3 is 14.9 Å². The average Bonchev–Trinajstić information content (AvgIpc) is 3.38. The number of benzene rings is 1. The summed E-state index contributed by atoms with van der Waals surface area (Å²) >= 11 is 0. The van der Waals surface area contributed by atoms with E-state index in [2.05, 4.69) is 42.4 Å². The summed E-state index contributed by atoms with van der Waals surface area (Å²) in [6.07, 6.45) is 7.33. The lowest BCUT2D eigenvalue weighted by Gasteiger charge is -2.09. The number of fused-ring (bicyclic) bond motifs is 2. The highest BCUT2D eigenvalue weighted by atomic mass is 19.1. The van der Waals surface area contributed by atoms with Crippen LogP contribution >= 0.6 is 0 Å². The van der Waals surface area contributed by atoms with E-state index in [1.807, 2.05) is 29.8 Å². The highest BCUT2D eigenvalue weighted by molar-refractivity contribution is 5.85. The van der Waals surface area contributed by atoms with Crippen molar-refractivity contribution in [1.29, 1.82) is 0 Å². The Morgan fingerprint density at radius 1 is 1.17 bits per heavy atom. The molecule has 4 heterocycles. The summed E-state index contributed by atoms with van der Waals surface area (Å²) in [6, 6.07) is 9.62. The summed E-state index contributed by atoms with van der Waals surface area (Å²) in [5.41, 5.74) is 4.29. The van der Waals surface area contributed by atoms with Gasteiger partial charge >= 0.3 is 0 Å². The Balaban J connectivity index is 1.47. The van der Waals surface area contributed by atoms with E-state index < -0.39 is 5.82 Å². The summed E-state index contributed by atoms with van der Waals surface area (Å²) in [4.78, 5) is 21.0. The van der Waals surface area contributed by atoms with Gasteiger partial charge in [-0.3, -0.25) is 4.98 Å². The van der Waals surface area contributed by atoms with E-state index in [0.29, 0.717) is 34.9 Å². The van der Waals surface area contributed by atoms with Crippen molar-refractivity contribution in [3.05, 3.63) is 66.6 Å². The number of H-pyrrole nitrogens is 1. The number of aryl methyl sites for hydroxylation is 1. The molecule has 0 saturated carbocycles. The Morgan fingerprint density at radius 3 is 2.93 bits per heavy atom. The third-order valence-electron chi connectivity index (χ3n) is 5.13. The lowest BCUT2D eigenvalue weighted by molar-refractivity contribution is 0.622. The lowest BCUT2D eigenvalue weighted by Crippen LogP contribution is -2.08. The number of anilines is 1. The van der Waals surface area contributed by atoms with E-state index in [-0.39, 0.29) is 0 Å². The van der Waals surface area contributed by atoms with Crippen LogP contribution in [-0.2, 0) is 13.0 Å². The number of nitrogens with one attached hydrogen (secondary N) is 2. The van der Waals surface area contributed by atoms with Gasteiger partial charge in [0.2, 0.25) is 0 Å². The number of pyridine rings is 1. The number of aromatic nitrogens is 6. The first-order valence-electron chi connectivity index (χ1n) is 9.85. The van der Waals surface area contributed by atoms with Gasteiger partial charge in [-0.05, 0) is 31.0 Å². The van der Waals surface area contributed by atoms with Crippen LogP contribution in [0, 0.1) is 5.82 Å². The molecular weight excluding hydrogens is 381 g/mol. The van der Waals surface area contributed by atoms with E-state index in [4.69, 9.17) is 0 Å². The molecule has 0 atom stereocenters. The van der Waals surface area contributed by atoms with Gasteiger partial charge in [-0.15, -0.1) is 0 Å². The molecule has 7 nitrogen and oxygen atoms in total. The smallest absolute Gasteiger partial charge is 0.166 e. The van der Waals surface area contributed by atoms with Crippen molar-refractivity contribution in [3.8, 4) is 11.4 Å². The predicted molar refractivity (Wildman–Crippen MR) is 115 cm³/mol. The monoisotopic (exact) mass is 401 g/mol. The van der Waals surface area contributed by atoms with Gasteiger partial charge in [0.05, 0.1) is 12.5 Å². The van der Waals surface area contributed by atoms with E-state index >= 15 is 0 Å². The second-order valence-corrected chi connectivity index (χ2v) is 7.03. The molecular formula is C22H20FN7. The van der Waals surface area contributed by atoms with Crippen molar-refractivity contribution in [3.63, 3.8) is 0 Å². The molecule has 30 heavy (non-hydrogen) atoms. The van der Waals surface area contributed by atoms with Gasteiger partial charge in [0.1, 0.15) is 11.3 Å². The molecule has 0 amide bonds. The van der Waals surface area contributed by atoms with Crippen LogP contribution in [0.15, 0.2) is 55.2 Å². The molecule has 0 unspecified atom stereocenters. The fraction of sp³-hybridized carbons (Fsp3) is 0.182. The minimum Gasteiger partial charge on any atom is -0.368 e. The lowest BCUT2D eigenvalue weighted by atomic mass is 10.1. The van der Waals surface area contributed by atoms with Gasteiger partial charge in [0.15, 0.2) is 17.3 Å². The van der Waals surface area contributed by atoms with Crippen molar-refractivity contribution >= 4 is 27.9 Å². The first kappa shape index (κ1) is 18.2. The molecule has 0 spiro atoms. The SMILES string of the molecule is CCn1cnc2c(NCCc3c[nH]c4ccccc34)nc(-c3cncc(F)c3)nc21. The second-order valence-electron chi connectivity index (χ2n) is 7.03. The molecule has 0 radical (unpaired) electrons. The second kappa shape index (κ2) is 7.55. The summed E-state index contributed by atoms with van der Waals surface area (Å²) in [5.74, 6) is 0.625. The molecule has 2 N–H and O–H groups in total. The van der Waals surface area contributed by atoms with Crippen molar-refractivity contribution < 1.29 is 4.39 Å². The summed E-state index contributed by atoms with van der Waals surface area (Å²) in [6.45, 7) is 3.42. The van der Waals surface area contributed by atoms with Gasteiger partial charge in [0.25, 0.3) is 0 Å². The van der Waals surface area contributed by atoms with Crippen LogP contribution in [0.5, 0.6) is 0 Å². The maximum atomic E-state index is 13.7. The van der Waals surface area contributed by atoms with Crippen molar-refractivity contribution in [2.75, 3.05) is 11.9 Å². The van der Waals surface area contributed by atoms with Crippen molar-refractivity contribution in [2.24, 2.45) is 0 Å². The van der Waals surface area contributed by atoms with E-state index in [9.17, 15) is 4.39 Å². The number of halogens is 1. The average molecular weight is 401 g/mol. The predicted octanol–water partition coefficient (Wildman–Crippen LogP) is 4.18. The zero-order valence-electron chi connectivity index (χ0n) is 16.4. The fourth-order valence-electron chi connectivity index (χ4n) is 3.62. The van der Waals surface area contributed by atoms with Gasteiger partial charge in [-0.1, -0.05) is 18.2 Å².